The zero-order valence-corrected chi connectivity index (χ0v) is 16.1. The van der Waals surface area contributed by atoms with E-state index in [4.69, 9.17) is 0 Å². The fraction of sp³-hybridized carbons (Fsp3) is 0.136. The lowest BCUT2D eigenvalue weighted by molar-refractivity contribution is 0.102. The molecule has 0 spiro atoms. The third-order valence-corrected chi connectivity index (χ3v) is 5.34. The van der Waals surface area contributed by atoms with Crippen LogP contribution in [0.1, 0.15) is 24.2 Å². The Balaban J connectivity index is 1.64. The standard InChI is InChI=1S/C22H22N2O2S/c1-16(2)27(26)24-21-14-10-19(11-15-21)22(25)23-20-12-8-18(9-13-20)17-6-4-3-5-7-17/h3-16,24H,1-2H3,(H,23,25). The predicted octanol–water partition coefficient (Wildman–Crippen LogP) is 5.09. The van der Waals surface area contributed by atoms with Gasteiger partial charge < -0.3 is 10.0 Å². The molecule has 138 valence electrons. The van der Waals surface area contributed by atoms with E-state index < -0.39 is 11.0 Å². The van der Waals surface area contributed by atoms with Gasteiger partial charge in [-0.15, -0.1) is 0 Å². The number of hydrogen-bond acceptors (Lipinski definition) is 2. The van der Waals surface area contributed by atoms with Gasteiger partial charge in [-0.25, -0.2) is 4.21 Å². The highest BCUT2D eigenvalue weighted by molar-refractivity contribution is 7.86. The Bertz CT molecular complexity index is 921. The predicted molar refractivity (Wildman–Crippen MR) is 113 cm³/mol. The average molecular weight is 378 g/mol. The van der Waals surface area contributed by atoms with Gasteiger partial charge in [0.15, 0.2) is 0 Å². The maximum Gasteiger partial charge on any atom is 0.255 e. The smallest absolute Gasteiger partial charge is 0.255 e. The molecule has 3 aromatic rings. The van der Waals surface area contributed by atoms with E-state index in [9.17, 15) is 9.00 Å². The van der Waals surface area contributed by atoms with Crippen LogP contribution in [0.25, 0.3) is 11.1 Å². The van der Waals surface area contributed by atoms with E-state index in [2.05, 4.69) is 22.2 Å². The fourth-order valence-electron chi connectivity index (χ4n) is 2.50. The monoisotopic (exact) mass is 378 g/mol. The van der Waals surface area contributed by atoms with Crippen LogP contribution in [0.5, 0.6) is 0 Å². The van der Waals surface area contributed by atoms with Crippen LogP contribution in [0.4, 0.5) is 11.4 Å². The quantitative estimate of drug-likeness (QED) is 0.628. The second-order valence-electron chi connectivity index (χ2n) is 6.42. The second-order valence-corrected chi connectivity index (χ2v) is 8.16. The average Bonchev–Trinajstić information content (AvgIpc) is 2.69. The normalized spacial score (nSPS) is 11.8. The van der Waals surface area contributed by atoms with Gasteiger partial charge in [-0.05, 0) is 61.4 Å². The number of amides is 1. The Morgan fingerprint density at radius 3 is 1.93 bits per heavy atom. The molecule has 27 heavy (non-hydrogen) atoms. The van der Waals surface area contributed by atoms with Crippen LogP contribution in [-0.2, 0) is 11.0 Å². The summed E-state index contributed by atoms with van der Waals surface area (Å²) < 4.78 is 14.7. The van der Waals surface area contributed by atoms with Crippen molar-refractivity contribution in [3.63, 3.8) is 0 Å². The first-order chi connectivity index (χ1) is 13.0. The third kappa shape index (κ3) is 5.05. The van der Waals surface area contributed by atoms with Gasteiger partial charge >= 0.3 is 0 Å². The number of rotatable bonds is 6. The van der Waals surface area contributed by atoms with Gasteiger partial charge in [0, 0.05) is 22.2 Å². The van der Waals surface area contributed by atoms with Crippen molar-refractivity contribution in [1.29, 1.82) is 0 Å². The topological polar surface area (TPSA) is 58.2 Å². The van der Waals surface area contributed by atoms with Gasteiger partial charge in [0.2, 0.25) is 0 Å². The molecule has 0 aromatic heterocycles. The van der Waals surface area contributed by atoms with E-state index >= 15 is 0 Å². The lowest BCUT2D eigenvalue weighted by atomic mass is 10.1. The summed E-state index contributed by atoms with van der Waals surface area (Å²) >= 11 is 0. The first kappa shape index (κ1) is 18.9. The number of anilines is 2. The summed E-state index contributed by atoms with van der Waals surface area (Å²) in [6.07, 6.45) is 0. The summed E-state index contributed by atoms with van der Waals surface area (Å²) in [7, 11) is -1.14. The summed E-state index contributed by atoms with van der Waals surface area (Å²) in [5.74, 6) is -0.181. The Hall–Kier alpha value is -2.92. The van der Waals surface area contributed by atoms with Crippen LogP contribution < -0.4 is 10.0 Å². The molecule has 5 heteroatoms. The SMILES string of the molecule is CC(C)S(=O)Nc1ccc(C(=O)Nc2ccc(-c3ccccc3)cc2)cc1. The lowest BCUT2D eigenvalue weighted by Crippen LogP contribution is -2.15. The number of benzene rings is 3. The van der Waals surface area contributed by atoms with Crippen molar-refractivity contribution in [2.75, 3.05) is 10.0 Å². The van der Waals surface area contributed by atoms with E-state index in [1.807, 2.05) is 56.3 Å². The highest BCUT2D eigenvalue weighted by atomic mass is 32.2. The molecule has 0 bridgehead atoms. The molecule has 0 saturated heterocycles. The van der Waals surface area contributed by atoms with Crippen molar-refractivity contribution < 1.29 is 9.00 Å². The number of carbonyl (C=O) groups is 1. The van der Waals surface area contributed by atoms with Gasteiger partial charge in [0.05, 0.1) is 0 Å². The van der Waals surface area contributed by atoms with Crippen LogP contribution in [0.2, 0.25) is 0 Å². The van der Waals surface area contributed by atoms with Crippen LogP contribution in [-0.4, -0.2) is 15.4 Å². The van der Waals surface area contributed by atoms with Crippen molar-refractivity contribution in [2.24, 2.45) is 0 Å². The van der Waals surface area contributed by atoms with Crippen molar-refractivity contribution >= 4 is 28.3 Å². The van der Waals surface area contributed by atoms with Gasteiger partial charge in [0.1, 0.15) is 11.0 Å². The van der Waals surface area contributed by atoms with Gasteiger partial charge in [-0.3, -0.25) is 4.79 Å². The third-order valence-electron chi connectivity index (χ3n) is 4.04. The number of carbonyl (C=O) groups excluding carboxylic acids is 1. The zero-order valence-electron chi connectivity index (χ0n) is 15.3. The van der Waals surface area contributed by atoms with Gasteiger partial charge in [-0.2, -0.15) is 0 Å². The Kier molecular flexibility index (Phi) is 6.04. The molecular formula is C22H22N2O2S. The van der Waals surface area contributed by atoms with Crippen LogP contribution in [0.15, 0.2) is 78.9 Å². The number of hydrogen-bond donors (Lipinski definition) is 2. The summed E-state index contributed by atoms with van der Waals surface area (Å²) in [5, 5.41) is 2.92. The Labute approximate surface area is 162 Å². The van der Waals surface area contributed by atoms with Gasteiger partial charge in [-0.1, -0.05) is 42.5 Å². The molecule has 1 atom stereocenters. The minimum Gasteiger partial charge on any atom is -0.322 e. The second kappa shape index (κ2) is 8.64. The summed E-state index contributed by atoms with van der Waals surface area (Å²) in [6, 6.07) is 24.8. The van der Waals surface area contributed by atoms with Crippen LogP contribution >= 0.6 is 0 Å². The van der Waals surface area contributed by atoms with E-state index in [0.717, 1.165) is 22.5 Å². The largest absolute Gasteiger partial charge is 0.322 e. The summed E-state index contributed by atoms with van der Waals surface area (Å²) in [4.78, 5) is 12.4. The minimum absolute atomic E-state index is 0.0202. The molecule has 3 aromatic carbocycles. The fourth-order valence-corrected chi connectivity index (χ4v) is 3.11. The van der Waals surface area contributed by atoms with Gasteiger partial charge in [0.25, 0.3) is 5.91 Å². The molecule has 0 aliphatic rings. The maximum atomic E-state index is 12.4. The Morgan fingerprint density at radius 1 is 0.778 bits per heavy atom. The summed E-state index contributed by atoms with van der Waals surface area (Å²) in [5.41, 5.74) is 4.25. The first-order valence-corrected chi connectivity index (χ1v) is 9.98. The number of nitrogens with one attached hydrogen (secondary N) is 2. The van der Waals surface area contributed by atoms with Crippen molar-refractivity contribution in [2.45, 2.75) is 19.1 Å². The lowest BCUT2D eigenvalue weighted by Gasteiger charge is -2.10. The summed E-state index contributed by atoms with van der Waals surface area (Å²) in [6.45, 7) is 3.77. The minimum atomic E-state index is -1.14. The molecule has 1 amide bonds. The van der Waals surface area contributed by atoms with E-state index in [-0.39, 0.29) is 11.2 Å². The molecule has 0 aliphatic carbocycles. The molecule has 1 unspecified atom stereocenters. The molecule has 0 saturated carbocycles. The van der Waals surface area contributed by atoms with Crippen LogP contribution in [0, 0.1) is 0 Å². The van der Waals surface area contributed by atoms with Crippen molar-refractivity contribution in [1.82, 2.24) is 0 Å². The maximum absolute atomic E-state index is 12.4. The molecule has 0 radical (unpaired) electrons. The van der Waals surface area contributed by atoms with Crippen molar-refractivity contribution in [3.8, 4) is 11.1 Å². The molecule has 0 heterocycles. The highest BCUT2D eigenvalue weighted by Gasteiger charge is 2.08. The molecule has 4 nitrogen and oxygen atoms in total. The zero-order chi connectivity index (χ0) is 19.2. The van der Waals surface area contributed by atoms with E-state index in [1.54, 1.807) is 24.3 Å². The molecular weight excluding hydrogens is 356 g/mol. The first-order valence-electron chi connectivity index (χ1n) is 8.77. The van der Waals surface area contributed by atoms with Crippen LogP contribution in [0.3, 0.4) is 0 Å². The van der Waals surface area contributed by atoms with E-state index in [0.29, 0.717) is 5.56 Å². The molecule has 0 fully saturated rings. The molecule has 0 aliphatic heterocycles. The van der Waals surface area contributed by atoms with Crippen molar-refractivity contribution in [3.05, 3.63) is 84.4 Å². The molecule has 3 rings (SSSR count). The highest BCUT2D eigenvalue weighted by Crippen LogP contribution is 2.21. The van der Waals surface area contributed by atoms with E-state index in [1.165, 1.54) is 0 Å². The Morgan fingerprint density at radius 2 is 1.33 bits per heavy atom. The molecule has 2 N–H and O–H groups in total.